The number of likely N-dealkylation sites (N-methyl/N-ethyl adjacent to an activating group) is 1. The van der Waals surface area contributed by atoms with E-state index in [9.17, 15) is 4.79 Å². The van der Waals surface area contributed by atoms with Crippen molar-refractivity contribution in [1.29, 1.82) is 0 Å². The van der Waals surface area contributed by atoms with Gasteiger partial charge in [-0.05, 0) is 51.6 Å². The minimum Gasteiger partial charge on any atom is -0.381 e. The molecule has 1 spiro atoms. The summed E-state index contributed by atoms with van der Waals surface area (Å²) in [5, 5.41) is 0. The van der Waals surface area contributed by atoms with E-state index >= 15 is 0 Å². The molecule has 0 aromatic rings. The Bertz CT molecular complexity index is 388. The number of carbonyl (C=O) groups excluding carboxylic acids is 1. The van der Waals surface area contributed by atoms with Crippen LogP contribution in [0.3, 0.4) is 0 Å². The van der Waals surface area contributed by atoms with Gasteiger partial charge in [0.1, 0.15) is 0 Å². The molecular formula is C17H31N3O2. The standard InChI is InChI=1S/C17H31N3O2/c1-18(2)15-4-9-19(12-15)13-16(21)20-8-3-5-17(14-20)6-10-22-11-7-17/h15H,3-14H2,1-2H3/t15-/m0/s1. The summed E-state index contributed by atoms with van der Waals surface area (Å²) in [4.78, 5) is 19.4. The molecule has 3 fully saturated rings. The summed E-state index contributed by atoms with van der Waals surface area (Å²) in [5.41, 5.74) is 0.351. The maximum Gasteiger partial charge on any atom is 0.236 e. The molecule has 5 heteroatoms. The maximum absolute atomic E-state index is 12.7. The van der Waals surface area contributed by atoms with E-state index in [0.717, 1.165) is 58.7 Å². The number of hydrogen-bond acceptors (Lipinski definition) is 4. The molecule has 3 heterocycles. The van der Waals surface area contributed by atoms with E-state index < -0.39 is 0 Å². The molecule has 3 rings (SSSR count). The van der Waals surface area contributed by atoms with Crippen LogP contribution in [0.2, 0.25) is 0 Å². The van der Waals surface area contributed by atoms with Gasteiger partial charge in [0.15, 0.2) is 0 Å². The van der Waals surface area contributed by atoms with E-state index in [0.29, 0.717) is 23.9 Å². The Balaban J connectivity index is 1.52. The van der Waals surface area contributed by atoms with Crippen molar-refractivity contribution in [2.45, 2.75) is 38.1 Å². The van der Waals surface area contributed by atoms with Gasteiger partial charge in [-0.15, -0.1) is 0 Å². The average Bonchev–Trinajstić information content (AvgIpc) is 2.97. The third-order valence-electron chi connectivity index (χ3n) is 5.90. The van der Waals surface area contributed by atoms with E-state index in [2.05, 4.69) is 28.8 Å². The number of ether oxygens (including phenoxy) is 1. The molecule has 0 aliphatic carbocycles. The van der Waals surface area contributed by atoms with Gasteiger partial charge in [0.05, 0.1) is 6.54 Å². The van der Waals surface area contributed by atoms with Gasteiger partial charge in [-0.3, -0.25) is 9.69 Å². The summed E-state index contributed by atoms with van der Waals surface area (Å²) in [6.07, 6.45) is 5.87. The third-order valence-corrected chi connectivity index (χ3v) is 5.90. The van der Waals surface area contributed by atoms with Crippen molar-refractivity contribution < 1.29 is 9.53 Å². The minimum absolute atomic E-state index is 0.338. The van der Waals surface area contributed by atoms with Crippen molar-refractivity contribution in [3.8, 4) is 0 Å². The molecule has 0 unspecified atom stereocenters. The minimum atomic E-state index is 0.338. The third kappa shape index (κ3) is 3.63. The highest BCUT2D eigenvalue weighted by Crippen LogP contribution is 2.39. The van der Waals surface area contributed by atoms with Crippen molar-refractivity contribution in [3.63, 3.8) is 0 Å². The zero-order valence-electron chi connectivity index (χ0n) is 14.2. The van der Waals surface area contributed by atoms with E-state index in [-0.39, 0.29) is 0 Å². The Labute approximate surface area is 134 Å². The Morgan fingerprint density at radius 1 is 1.23 bits per heavy atom. The molecule has 3 aliphatic rings. The predicted molar refractivity (Wildman–Crippen MR) is 86.8 cm³/mol. The van der Waals surface area contributed by atoms with E-state index in [1.165, 1.54) is 12.8 Å². The van der Waals surface area contributed by atoms with Crippen molar-refractivity contribution in [2.75, 3.05) is 60.0 Å². The molecule has 22 heavy (non-hydrogen) atoms. The van der Waals surface area contributed by atoms with Gasteiger partial charge in [-0.2, -0.15) is 0 Å². The van der Waals surface area contributed by atoms with Gasteiger partial charge in [0.2, 0.25) is 5.91 Å². The zero-order valence-corrected chi connectivity index (χ0v) is 14.2. The Kier molecular flexibility index (Phi) is 5.05. The first-order valence-corrected chi connectivity index (χ1v) is 8.82. The smallest absolute Gasteiger partial charge is 0.236 e. The van der Waals surface area contributed by atoms with Crippen LogP contribution >= 0.6 is 0 Å². The number of carbonyl (C=O) groups is 1. The lowest BCUT2D eigenvalue weighted by Gasteiger charge is -2.45. The summed E-state index contributed by atoms with van der Waals surface area (Å²) in [6, 6.07) is 0.607. The molecule has 1 amide bonds. The molecule has 0 N–H and O–H groups in total. The molecule has 5 nitrogen and oxygen atoms in total. The predicted octanol–water partition coefficient (Wildman–Crippen LogP) is 1.04. The summed E-state index contributed by atoms with van der Waals surface area (Å²) in [5.74, 6) is 0.338. The highest BCUT2D eigenvalue weighted by Gasteiger charge is 2.38. The Hall–Kier alpha value is -0.650. The summed E-state index contributed by atoms with van der Waals surface area (Å²) < 4.78 is 5.52. The molecule has 1 atom stereocenters. The van der Waals surface area contributed by atoms with Crippen LogP contribution in [0.4, 0.5) is 0 Å². The normalized spacial score (nSPS) is 29.4. The van der Waals surface area contributed by atoms with Crippen LogP contribution in [-0.2, 0) is 9.53 Å². The lowest BCUT2D eigenvalue weighted by molar-refractivity contribution is -0.137. The molecule has 3 saturated heterocycles. The molecule has 0 radical (unpaired) electrons. The van der Waals surface area contributed by atoms with Crippen LogP contribution in [0, 0.1) is 5.41 Å². The lowest BCUT2D eigenvalue weighted by Crippen LogP contribution is -2.50. The Morgan fingerprint density at radius 3 is 2.68 bits per heavy atom. The average molecular weight is 309 g/mol. The van der Waals surface area contributed by atoms with E-state index in [1.807, 2.05) is 0 Å². The van der Waals surface area contributed by atoms with Gasteiger partial charge in [0.25, 0.3) is 0 Å². The highest BCUT2D eigenvalue weighted by molar-refractivity contribution is 5.78. The van der Waals surface area contributed by atoms with Gasteiger partial charge >= 0.3 is 0 Å². The van der Waals surface area contributed by atoms with Crippen LogP contribution < -0.4 is 0 Å². The van der Waals surface area contributed by atoms with Crippen LogP contribution in [-0.4, -0.2) is 86.7 Å². The molecular weight excluding hydrogens is 278 g/mol. The summed E-state index contributed by atoms with van der Waals surface area (Å²) in [7, 11) is 4.27. The van der Waals surface area contributed by atoms with Crippen LogP contribution in [0.25, 0.3) is 0 Å². The van der Waals surface area contributed by atoms with Crippen molar-refractivity contribution in [3.05, 3.63) is 0 Å². The first-order valence-electron chi connectivity index (χ1n) is 8.82. The summed E-state index contributed by atoms with van der Waals surface area (Å²) in [6.45, 7) is 6.35. The lowest BCUT2D eigenvalue weighted by atomic mass is 9.74. The second-order valence-corrected chi connectivity index (χ2v) is 7.67. The van der Waals surface area contributed by atoms with Crippen LogP contribution in [0.5, 0.6) is 0 Å². The molecule has 0 bridgehead atoms. The van der Waals surface area contributed by atoms with Crippen molar-refractivity contribution >= 4 is 5.91 Å². The zero-order chi connectivity index (χ0) is 15.6. The fourth-order valence-electron chi connectivity index (χ4n) is 4.30. The van der Waals surface area contributed by atoms with Gasteiger partial charge in [-0.1, -0.05) is 0 Å². The Morgan fingerprint density at radius 2 is 2.00 bits per heavy atom. The molecule has 126 valence electrons. The monoisotopic (exact) mass is 309 g/mol. The highest BCUT2D eigenvalue weighted by atomic mass is 16.5. The number of piperidine rings is 1. The first kappa shape index (κ1) is 16.2. The quantitative estimate of drug-likeness (QED) is 0.780. The second kappa shape index (κ2) is 6.85. The SMILES string of the molecule is CN(C)[C@H]1CCN(CC(=O)N2CCCC3(CCOCC3)C2)C1. The van der Waals surface area contributed by atoms with Gasteiger partial charge in [-0.25, -0.2) is 0 Å². The van der Waals surface area contributed by atoms with E-state index in [1.54, 1.807) is 0 Å². The van der Waals surface area contributed by atoms with Crippen molar-refractivity contribution in [1.82, 2.24) is 14.7 Å². The van der Waals surface area contributed by atoms with Gasteiger partial charge in [0, 0.05) is 45.4 Å². The number of amides is 1. The largest absolute Gasteiger partial charge is 0.381 e. The number of hydrogen-bond donors (Lipinski definition) is 0. The maximum atomic E-state index is 12.7. The molecule has 0 aromatic carbocycles. The fourth-order valence-corrected chi connectivity index (χ4v) is 4.30. The van der Waals surface area contributed by atoms with Crippen LogP contribution in [0.15, 0.2) is 0 Å². The molecule has 0 aromatic heterocycles. The topological polar surface area (TPSA) is 36.0 Å². The number of nitrogens with zero attached hydrogens (tertiary/aromatic N) is 3. The van der Waals surface area contributed by atoms with Crippen molar-refractivity contribution in [2.24, 2.45) is 5.41 Å². The molecule has 3 aliphatic heterocycles. The number of likely N-dealkylation sites (tertiary alicyclic amines) is 2. The summed E-state index contributed by atoms with van der Waals surface area (Å²) >= 11 is 0. The molecule has 0 saturated carbocycles. The van der Waals surface area contributed by atoms with Gasteiger partial charge < -0.3 is 14.5 Å². The van der Waals surface area contributed by atoms with E-state index in [4.69, 9.17) is 4.74 Å². The first-order chi connectivity index (χ1) is 10.6. The van der Waals surface area contributed by atoms with Crippen LogP contribution in [0.1, 0.15) is 32.1 Å². The number of rotatable bonds is 3. The fraction of sp³-hybridized carbons (Fsp3) is 0.941. The second-order valence-electron chi connectivity index (χ2n) is 7.67.